The molecule has 0 spiro atoms. The van der Waals surface area contributed by atoms with Crippen LogP contribution in [0.25, 0.3) is 0 Å². The van der Waals surface area contributed by atoms with Gasteiger partial charge in [-0.25, -0.2) is 9.37 Å². The van der Waals surface area contributed by atoms with Crippen molar-refractivity contribution in [1.29, 1.82) is 0 Å². The highest BCUT2D eigenvalue weighted by molar-refractivity contribution is 6.21. The summed E-state index contributed by atoms with van der Waals surface area (Å²) in [5, 5.41) is 8.61. The maximum absolute atomic E-state index is 12.1. The third-order valence-corrected chi connectivity index (χ3v) is 3.20. The third-order valence-electron chi connectivity index (χ3n) is 3.20. The summed E-state index contributed by atoms with van der Waals surface area (Å²) in [6, 6.07) is -1.04. The van der Waals surface area contributed by atoms with Crippen LogP contribution in [-0.4, -0.2) is 76.2 Å². The molecule has 8 nitrogen and oxygen atoms in total. The first-order valence-electron chi connectivity index (χ1n) is 5.87. The highest BCUT2D eigenvalue weighted by Gasteiger charge is 2.50. The van der Waals surface area contributed by atoms with Crippen LogP contribution >= 0.6 is 0 Å². The molecular formula is C11H15N4O4+. The Morgan fingerprint density at radius 2 is 2.11 bits per heavy atom. The number of carboxylic acids is 1. The molecule has 19 heavy (non-hydrogen) atoms. The lowest BCUT2D eigenvalue weighted by Gasteiger charge is -2.30. The van der Waals surface area contributed by atoms with Crippen LogP contribution in [0.15, 0.2) is 4.99 Å². The minimum Gasteiger partial charge on any atom is -0.481 e. The number of aliphatic imine (C=N–C) groups is 1. The average molecular weight is 267 g/mol. The number of hydrogen-bond donors (Lipinski definition) is 1. The molecule has 8 heteroatoms. The Morgan fingerprint density at radius 1 is 1.42 bits per heavy atom. The Hall–Kier alpha value is -2.25. The number of amidine groups is 1. The van der Waals surface area contributed by atoms with Crippen LogP contribution in [0.5, 0.6) is 0 Å². The van der Waals surface area contributed by atoms with Crippen molar-refractivity contribution in [3.05, 3.63) is 0 Å². The molecule has 0 aromatic carbocycles. The zero-order valence-electron chi connectivity index (χ0n) is 10.7. The van der Waals surface area contributed by atoms with E-state index in [1.54, 1.807) is 11.6 Å². The van der Waals surface area contributed by atoms with Crippen molar-refractivity contribution in [1.82, 2.24) is 9.80 Å². The molecule has 0 aromatic rings. The topological polar surface area (TPSA) is 93.3 Å². The number of nitrogens with zero attached hydrogens (tertiary/aromatic N) is 4. The lowest BCUT2D eigenvalue weighted by molar-refractivity contribution is -0.531. The number of urea groups is 1. The number of carbonyl (C=O) groups is 3. The van der Waals surface area contributed by atoms with E-state index in [0.717, 1.165) is 4.90 Å². The summed E-state index contributed by atoms with van der Waals surface area (Å²) in [5.41, 5.74) is 0. The van der Waals surface area contributed by atoms with Gasteiger partial charge in [0.25, 0.3) is 24.1 Å². The van der Waals surface area contributed by atoms with E-state index in [0.29, 0.717) is 18.8 Å². The second kappa shape index (κ2) is 4.79. The van der Waals surface area contributed by atoms with Gasteiger partial charge in [-0.15, -0.1) is 0 Å². The van der Waals surface area contributed by atoms with Gasteiger partial charge in [-0.2, -0.15) is 0 Å². The van der Waals surface area contributed by atoms with Gasteiger partial charge in [0.1, 0.15) is 0 Å². The Bertz CT molecular complexity index is 511. The third kappa shape index (κ3) is 2.20. The molecule has 2 rings (SSSR count). The van der Waals surface area contributed by atoms with E-state index in [9.17, 15) is 14.4 Å². The molecule has 0 aliphatic carbocycles. The average Bonchev–Trinajstić information content (AvgIpc) is 2.77. The van der Waals surface area contributed by atoms with Crippen molar-refractivity contribution in [3.63, 3.8) is 0 Å². The first kappa shape index (κ1) is 13.2. The maximum atomic E-state index is 12.1. The Balaban J connectivity index is 2.10. The van der Waals surface area contributed by atoms with E-state index < -0.39 is 18.0 Å². The van der Waals surface area contributed by atoms with Crippen LogP contribution in [0.1, 0.15) is 12.8 Å². The summed E-state index contributed by atoms with van der Waals surface area (Å²) in [4.78, 5) is 40.8. The normalized spacial score (nSPS) is 22.3. The molecule has 2 aliphatic heterocycles. The van der Waals surface area contributed by atoms with Crippen molar-refractivity contribution in [2.75, 3.05) is 20.6 Å². The van der Waals surface area contributed by atoms with Gasteiger partial charge in [0, 0.05) is 20.5 Å². The van der Waals surface area contributed by atoms with Crippen LogP contribution in [0, 0.1) is 0 Å². The van der Waals surface area contributed by atoms with Crippen molar-refractivity contribution < 1.29 is 24.1 Å². The molecule has 102 valence electrons. The summed E-state index contributed by atoms with van der Waals surface area (Å²) in [6.45, 7) is 0.408. The minimum absolute atomic E-state index is 0.0329. The van der Waals surface area contributed by atoms with Crippen LogP contribution in [0.3, 0.4) is 0 Å². The van der Waals surface area contributed by atoms with Crippen molar-refractivity contribution in [3.8, 4) is 0 Å². The molecule has 3 amide bonds. The highest BCUT2D eigenvalue weighted by Crippen LogP contribution is 2.16. The van der Waals surface area contributed by atoms with Gasteiger partial charge in [-0.1, -0.05) is 0 Å². The second-order valence-electron chi connectivity index (χ2n) is 4.48. The van der Waals surface area contributed by atoms with Crippen molar-refractivity contribution in [2.45, 2.75) is 18.9 Å². The summed E-state index contributed by atoms with van der Waals surface area (Å²) < 4.78 is 1.67. The molecule has 1 fully saturated rings. The number of carboxylic acid groups (broad SMARTS) is 1. The van der Waals surface area contributed by atoms with E-state index in [1.807, 2.05) is 0 Å². The first-order valence-corrected chi connectivity index (χ1v) is 5.87. The number of carbonyl (C=O) groups excluding carboxylic acids is 2. The van der Waals surface area contributed by atoms with E-state index >= 15 is 0 Å². The predicted molar refractivity (Wildman–Crippen MR) is 65.2 cm³/mol. The van der Waals surface area contributed by atoms with Crippen molar-refractivity contribution >= 4 is 30.1 Å². The molecule has 2 heterocycles. The van der Waals surface area contributed by atoms with E-state index in [1.165, 1.54) is 18.3 Å². The fourth-order valence-corrected chi connectivity index (χ4v) is 2.14. The van der Waals surface area contributed by atoms with Crippen molar-refractivity contribution in [2.24, 2.45) is 4.99 Å². The maximum Gasteiger partial charge on any atom is 0.333 e. The standard InChI is InChI=1S/C11H14N4O4/c1-13-9-8(10(18)14(2)11(13)19)15(6-12-9)5-3-4-7(16)17/h6,8H,3-5H2,1-2H3/p+1. The molecule has 0 saturated carbocycles. The number of hydrogen-bond acceptors (Lipinski definition) is 4. The Morgan fingerprint density at radius 3 is 2.74 bits per heavy atom. The van der Waals surface area contributed by atoms with E-state index in [-0.39, 0.29) is 12.3 Å². The number of likely N-dealkylation sites (N-methyl/N-ethyl adjacent to an activating group) is 2. The molecule has 1 atom stereocenters. The lowest BCUT2D eigenvalue weighted by atomic mass is 10.1. The van der Waals surface area contributed by atoms with E-state index in [4.69, 9.17) is 5.11 Å². The first-order chi connectivity index (χ1) is 8.93. The number of imide groups is 1. The van der Waals surface area contributed by atoms with Gasteiger partial charge in [0.05, 0.1) is 6.54 Å². The number of fused-ring (bicyclic) bond motifs is 1. The molecule has 0 bridgehead atoms. The van der Waals surface area contributed by atoms with E-state index in [2.05, 4.69) is 4.99 Å². The highest BCUT2D eigenvalue weighted by atomic mass is 16.4. The Kier molecular flexibility index (Phi) is 3.32. The molecule has 2 aliphatic rings. The van der Waals surface area contributed by atoms with Gasteiger partial charge in [-0.3, -0.25) is 19.4 Å². The van der Waals surface area contributed by atoms with Crippen LogP contribution in [-0.2, 0) is 9.59 Å². The SMILES string of the molecule is CN1C(=O)C2C(=NC=[N+]2CCCC(=O)O)N(C)C1=O. The zero-order chi connectivity index (χ0) is 14.2. The zero-order valence-corrected chi connectivity index (χ0v) is 10.7. The molecule has 0 aromatic heterocycles. The quantitative estimate of drug-likeness (QED) is 0.674. The summed E-state index contributed by atoms with van der Waals surface area (Å²) >= 11 is 0. The predicted octanol–water partition coefficient (Wildman–Crippen LogP) is -0.803. The number of aliphatic carboxylic acids is 1. The molecular weight excluding hydrogens is 252 g/mol. The van der Waals surface area contributed by atoms with Crippen LogP contribution in [0.4, 0.5) is 4.79 Å². The number of rotatable bonds is 4. The summed E-state index contributed by atoms with van der Waals surface area (Å²) in [7, 11) is 2.98. The van der Waals surface area contributed by atoms with Gasteiger partial charge in [0.2, 0.25) is 0 Å². The fourth-order valence-electron chi connectivity index (χ4n) is 2.14. The molecule has 1 saturated heterocycles. The molecule has 1 unspecified atom stereocenters. The van der Waals surface area contributed by atoms with Gasteiger partial charge in [-0.05, 0) is 11.4 Å². The number of amides is 3. The second-order valence-corrected chi connectivity index (χ2v) is 4.48. The van der Waals surface area contributed by atoms with Gasteiger partial charge in [0.15, 0.2) is 0 Å². The van der Waals surface area contributed by atoms with Gasteiger partial charge >= 0.3 is 12.0 Å². The summed E-state index contributed by atoms with van der Waals surface area (Å²) in [6.07, 6.45) is 1.94. The van der Waals surface area contributed by atoms with Gasteiger partial charge < -0.3 is 5.11 Å². The van der Waals surface area contributed by atoms with Crippen LogP contribution < -0.4 is 0 Å². The minimum atomic E-state index is -0.875. The Labute approximate surface area is 109 Å². The largest absolute Gasteiger partial charge is 0.481 e. The lowest BCUT2D eigenvalue weighted by Crippen LogP contribution is -2.61. The van der Waals surface area contributed by atoms with Crippen LogP contribution in [0.2, 0.25) is 0 Å². The fraction of sp³-hybridized carbons (Fsp3) is 0.545. The smallest absolute Gasteiger partial charge is 0.333 e. The molecule has 0 radical (unpaired) electrons. The molecule has 1 N–H and O–H groups in total. The summed E-state index contributed by atoms with van der Waals surface area (Å²) in [5.74, 6) is -0.825. The monoisotopic (exact) mass is 267 g/mol.